The van der Waals surface area contributed by atoms with Crippen LogP contribution in [0.3, 0.4) is 0 Å². The first-order chi connectivity index (χ1) is 10.2. The lowest BCUT2D eigenvalue weighted by atomic mass is 10.0. The number of hydrogen-bond acceptors (Lipinski definition) is 3. The van der Waals surface area contributed by atoms with Crippen LogP contribution in [-0.2, 0) is 4.79 Å². The van der Waals surface area contributed by atoms with Gasteiger partial charge in [0.25, 0.3) is 5.67 Å². The molecule has 2 N–H and O–H groups in total. The number of aliphatic hydroxyl groups excluding tert-OH is 1. The first kappa shape index (κ1) is 22.3. The van der Waals surface area contributed by atoms with Crippen LogP contribution in [0.4, 0.5) is 30.7 Å². The van der Waals surface area contributed by atoms with E-state index in [0.29, 0.717) is 11.8 Å². The number of hydrogen-bond donors (Lipinski definition) is 2. The first-order valence-electron chi connectivity index (χ1n) is 6.48. The fraction of sp³-hybridized carbons (Fsp3) is 0.917. The Balaban J connectivity index is 4.32. The second-order valence-corrected chi connectivity index (χ2v) is 6.72. The van der Waals surface area contributed by atoms with Crippen LogP contribution >= 0.6 is 11.8 Å². The van der Waals surface area contributed by atoms with Crippen molar-refractivity contribution in [1.29, 1.82) is 0 Å². The van der Waals surface area contributed by atoms with Crippen LogP contribution in [0, 0.1) is 0 Å². The molecule has 0 saturated heterocycles. The maximum atomic E-state index is 13.3. The Labute approximate surface area is 133 Å². The molecule has 138 valence electrons. The molecule has 0 saturated carbocycles. The quantitative estimate of drug-likeness (QED) is 0.507. The number of alkyl halides is 7. The SMILES string of the molecule is CC(C)(CO)NC(=O)CCSCCC(F)(C(F)(F)F)C(F)(F)F. The van der Waals surface area contributed by atoms with E-state index in [2.05, 4.69) is 5.32 Å². The van der Waals surface area contributed by atoms with Crippen molar-refractivity contribution in [3.05, 3.63) is 0 Å². The molecule has 0 heterocycles. The van der Waals surface area contributed by atoms with Gasteiger partial charge in [0.1, 0.15) is 0 Å². The summed E-state index contributed by atoms with van der Waals surface area (Å²) in [7, 11) is 0. The molecule has 0 unspecified atom stereocenters. The van der Waals surface area contributed by atoms with Gasteiger partial charge in [0.2, 0.25) is 5.91 Å². The lowest BCUT2D eigenvalue weighted by molar-refractivity contribution is -0.341. The van der Waals surface area contributed by atoms with Gasteiger partial charge in [0.05, 0.1) is 12.1 Å². The molecule has 11 heteroatoms. The standard InChI is InChI=1S/C12H18F7NO2S/c1-9(2,7-21)20-8(22)3-5-23-6-4-10(13,11(14,15)16)12(17,18)19/h21H,3-7H2,1-2H3,(H,20,22). The minimum Gasteiger partial charge on any atom is -0.394 e. The van der Waals surface area contributed by atoms with E-state index in [1.165, 1.54) is 13.8 Å². The molecule has 0 aromatic carbocycles. The topological polar surface area (TPSA) is 49.3 Å². The molecule has 0 aliphatic carbocycles. The number of amides is 1. The van der Waals surface area contributed by atoms with E-state index < -0.39 is 41.6 Å². The zero-order valence-electron chi connectivity index (χ0n) is 12.4. The average Bonchev–Trinajstić information content (AvgIpc) is 2.34. The molecule has 0 aliphatic heterocycles. The van der Waals surface area contributed by atoms with Gasteiger partial charge in [-0.2, -0.15) is 38.1 Å². The van der Waals surface area contributed by atoms with Crippen molar-refractivity contribution in [3.63, 3.8) is 0 Å². The summed E-state index contributed by atoms with van der Waals surface area (Å²) in [6.07, 6.45) is -14.0. The smallest absolute Gasteiger partial charge is 0.394 e. The molecule has 23 heavy (non-hydrogen) atoms. The number of halogens is 7. The zero-order chi connectivity index (χ0) is 18.5. The fourth-order valence-corrected chi connectivity index (χ4v) is 2.36. The maximum Gasteiger partial charge on any atom is 0.431 e. The number of aliphatic hydroxyl groups is 1. The van der Waals surface area contributed by atoms with Gasteiger partial charge < -0.3 is 10.4 Å². The Hall–Kier alpha value is -0.710. The Morgan fingerprint density at radius 1 is 1.00 bits per heavy atom. The minimum absolute atomic E-state index is 0.0703. The van der Waals surface area contributed by atoms with Crippen LogP contribution in [0.2, 0.25) is 0 Å². The van der Waals surface area contributed by atoms with Crippen molar-refractivity contribution in [2.45, 2.75) is 50.2 Å². The lowest BCUT2D eigenvalue weighted by Crippen LogP contribution is -2.53. The van der Waals surface area contributed by atoms with Gasteiger partial charge in [-0.1, -0.05) is 0 Å². The average molecular weight is 373 g/mol. The van der Waals surface area contributed by atoms with Gasteiger partial charge in [-0.3, -0.25) is 4.79 Å². The molecule has 0 aromatic rings. The molecule has 0 atom stereocenters. The van der Waals surface area contributed by atoms with Crippen molar-refractivity contribution in [2.24, 2.45) is 0 Å². The summed E-state index contributed by atoms with van der Waals surface area (Å²) < 4.78 is 86.9. The second-order valence-electron chi connectivity index (χ2n) is 5.50. The summed E-state index contributed by atoms with van der Waals surface area (Å²) in [6, 6.07) is 0. The Morgan fingerprint density at radius 2 is 1.48 bits per heavy atom. The zero-order valence-corrected chi connectivity index (χ0v) is 13.3. The van der Waals surface area contributed by atoms with Gasteiger partial charge >= 0.3 is 12.4 Å². The summed E-state index contributed by atoms with van der Waals surface area (Å²) in [6.45, 7) is 2.72. The summed E-state index contributed by atoms with van der Waals surface area (Å²) in [5.74, 6) is -1.33. The number of thioether (sulfide) groups is 1. The van der Waals surface area contributed by atoms with E-state index in [-0.39, 0.29) is 18.8 Å². The van der Waals surface area contributed by atoms with Crippen molar-refractivity contribution < 1.29 is 40.6 Å². The summed E-state index contributed by atoms with van der Waals surface area (Å²) in [5.41, 5.74) is -6.14. The molecule has 1 amide bonds. The number of rotatable bonds is 8. The third-order valence-electron chi connectivity index (χ3n) is 2.84. The molecule has 0 bridgehead atoms. The van der Waals surface area contributed by atoms with E-state index >= 15 is 0 Å². The van der Waals surface area contributed by atoms with Gasteiger partial charge in [-0.05, 0) is 19.6 Å². The maximum absolute atomic E-state index is 13.3. The van der Waals surface area contributed by atoms with Gasteiger partial charge in [0, 0.05) is 18.6 Å². The van der Waals surface area contributed by atoms with Crippen LogP contribution in [0.25, 0.3) is 0 Å². The number of carbonyl (C=O) groups is 1. The van der Waals surface area contributed by atoms with Crippen LogP contribution in [0.5, 0.6) is 0 Å². The lowest BCUT2D eigenvalue weighted by Gasteiger charge is -2.29. The first-order valence-corrected chi connectivity index (χ1v) is 7.64. The van der Waals surface area contributed by atoms with E-state index in [9.17, 15) is 35.5 Å². The third-order valence-corrected chi connectivity index (χ3v) is 3.82. The molecule has 3 nitrogen and oxygen atoms in total. The summed E-state index contributed by atoms with van der Waals surface area (Å²) in [5, 5.41) is 11.3. The highest BCUT2D eigenvalue weighted by atomic mass is 32.2. The number of nitrogens with one attached hydrogen (secondary N) is 1. The normalized spacial score (nSPS) is 14.0. The van der Waals surface area contributed by atoms with Crippen LogP contribution in [0.15, 0.2) is 0 Å². The molecule has 0 aliphatic rings. The monoisotopic (exact) mass is 373 g/mol. The third kappa shape index (κ3) is 6.74. The summed E-state index contributed by atoms with van der Waals surface area (Å²) >= 11 is 0.611. The van der Waals surface area contributed by atoms with Crippen LogP contribution < -0.4 is 5.32 Å². The van der Waals surface area contributed by atoms with E-state index in [1.807, 2.05) is 0 Å². The molecule has 0 rings (SSSR count). The molecular formula is C12H18F7NO2S. The highest BCUT2D eigenvalue weighted by Gasteiger charge is 2.71. The predicted molar refractivity (Wildman–Crippen MR) is 71.8 cm³/mol. The highest BCUT2D eigenvalue weighted by molar-refractivity contribution is 7.99. The summed E-state index contributed by atoms with van der Waals surface area (Å²) in [4.78, 5) is 11.4. The van der Waals surface area contributed by atoms with Gasteiger partial charge in [-0.15, -0.1) is 0 Å². The van der Waals surface area contributed by atoms with Crippen LogP contribution in [-0.4, -0.2) is 52.7 Å². The van der Waals surface area contributed by atoms with Crippen molar-refractivity contribution in [1.82, 2.24) is 5.32 Å². The largest absolute Gasteiger partial charge is 0.431 e. The molecule has 0 fully saturated rings. The molecular weight excluding hydrogens is 355 g/mol. The van der Waals surface area contributed by atoms with Crippen molar-refractivity contribution >= 4 is 17.7 Å². The minimum atomic E-state index is -6.05. The number of carbonyl (C=O) groups excluding carboxylic acids is 1. The van der Waals surface area contributed by atoms with E-state index in [0.717, 1.165) is 0 Å². The van der Waals surface area contributed by atoms with E-state index in [4.69, 9.17) is 5.11 Å². The fourth-order valence-electron chi connectivity index (χ4n) is 1.40. The Kier molecular flexibility index (Phi) is 7.66. The Morgan fingerprint density at radius 3 is 1.87 bits per heavy atom. The van der Waals surface area contributed by atoms with Crippen LogP contribution in [0.1, 0.15) is 26.7 Å². The molecule has 0 radical (unpaired) electrons. The second kappa shape index (κ2) is 7.91. The molecule has 0 aromatic heterocycles. The van der Waals surface area contributed by atoms with E-state index in [1.54, 1.807) is 0 Å². The van der Waals surface area contributed by atoms with Crippen molar-refractivity contribution in [3.8, 4) is 0 Å². The Bertz CT molecular complexity index is 382. The van der Waals surface area contributed by atoms with Gasteiger partial charge in [-0.25, -0.2) is 4.39 Å². The highest BCUT2D eigenvalue weighted by Crippen LogP contribution is 2.48. The predicted octanol–water partition coefficient (Wildman–Crippen LogP) is 3.22. The molecule has 0 spiro atoms. The van der Waals surface area contributed by atoms with Gasteiger partial charge in [0.15, 0.2) is 0 Å². The van der Waals surface area contributed by atoms with Crippen molar-refractivity contribution in [2.75, 3.05) is 18.1 Å².